The van der Waals surface area contributed by atoms with Gasteiger partial charge in [0.2, 0.25) is 0 Å². The first-order valence-electron chi connectivity index (χ1n) is 9.85. The molecule has 2 N–H and O–H groups in total. The number of pyridine rings is 1. The molecule has 0 spiro atoms. The third kappa shape index (κ3) is 5.93. The maximum atomic E-state index is 12.9. The second kappa shape index (κ2) is 9.89. The molecule has 0 aliphatic carbocycles. The molecule has 6 nitrogen and oxygen atoms in total. The number of H-pyrrole nitrogens is 1. The second-order valence-electron chi connectivity index (χ2n) is 7.43. The number of rotatable bonds is 8. The third-order valence-corrected chi connectivity index (χ3v) is 4.80. The zero-order valence-electron chi connectivity index (χ0n) is 17.0. The van der Waals surface area contributed by atoms with E-state index in [1.807, 2.05) is 74.8 Å². The van der Waals surface area contributed by atoms with Crippen LogP contribution in [-0.4, -0.2) is 48.0 Å². The van der Waals surface area contributed by atoms with E-state index < -0.39 is 0 Å². The highest BCUT2D eigenvalue weighted by atomic mass is 16.2. The lowest BCUT2D eigenvalue weighted by atomic mass is 10.1. The van der Waals surface area contributed by atoms with E-state index in [2.05, 4.69) is 15.2 Å². The Morgan fingerprint density at radius 3 is 2.48 bits per heavy atom. The molecule has 0 aliphatic rings. The lowest BCUT2D eigenvalue weighted by Gasteiger charge is -2.24. The van der Waals surface area contributed by atoms with Crippen LogP contribution in [0.5, 0.6) is 0 Å². The Balaban J connectivity index is 1.74. The number of nitrogens with zero attached hydrogens (tertiary/aromatic N) is 2. The second-order valence-corrected chi connectivity index (χ2v) is 7.43. The molecule has 6 heteroatoms. The van der Waals surface area contributed by atoms with Gasteiger partial charge in [-0.15, -0.1) is 0 Å². The standard InChI is InChI=1S/C23H28N4O2/c1-26(2)13-8-14-27(23(29)24-16-18-9-4-3-5-10-18)17-20-15-19-11-6-7-12-21(19)25-22(20)28/h3-7,9-12,15H,8,13-14,16-17H2,1-2H3,(H,24,29)(H,25,28). The topological polar surface area (TPSA) is 68.4 Å². The van der Waals surface area contributed by atoms with Crippen molar-refractivity contribution in [1.29, 1.82) is 0 Å². The number of hydrogen-bond acceptors (Lipinski definition) is 3. The first-order valence-corrected chi connectivity index (χ1v) is 9.85. The number of aromatic amines is 1. The zero-order valence-corrected chi connectivity index (χ0v) is 17.0. The van der Waals surface area contributed by atoms with E-state index in [-0.39, 0.29) is 18.1 Å². The predicted octanol–water partition coefficient (Wildman–Crippen LogP) is 3.19. The smallest absolute Gasteiger partial charge is 0.317 e. The van der Waals surface area contributed by atoms with E-state index >= 15 is 0 Å². The van der Waals surface area contributed by atoms with Crippen LogP contribution in [0.4, 0.5) is 4.79 Å². The summed E-state index contributed by atoms with van der Waals surface area (Å²) in [4.78, 5) is 32.1. The lowest BCUT2D eigenvalue weighted by Crippen LogP contribution is -2.41. The molecule has 0 atom stereocenters. The number of carbonyl (C=O) groups excluding carboxylic acids is 1. The minimum Gasteiger partial charge on any atom is -0.334 e. The Hall–Kier alpha value is -3.12. The average Bonchev–Trinajstić information content (AvgIpc) is 2.72. The molecule has 0 radical (unpaired) electrons. The van der Waals surface area contributed by atoms with E-state index in [4.69, 9.17) is 0 Å². The van der Waals surface area contributed by atoms with Crippen LogP contribution >= 0.6 is 0 Å². The van der Waals surface area contributed by atoms with Gasteiger partial charge in [0, 0.05) is 24.2 Å². The molecule has 0 saturated heterocycles. The number of hydrogen-bond donors (Lipinski definition) is 2. The predicted molar refractivity (Wildman–Crippen MR) is 117 cm³/mol. The van der Waals surface area contributed by atoms with Crippen molar-refractivity contribution in [2.75, 3.05) is 27.2 Å². The van der Waals surface area contributed by atoms with Gasteiger partial charge in [-0.3, -0.25) is 4.79 Å². The van der Waals surface area contributed by atoms with Crippen LogP contribution in [-0.2, 0) is 13.1 Å². The van der Waals surface area contributed by atoms with Gasteiger partial charge in [-0.05, 0) is 50.1 Å². The van der Waals surface area contributed by atoms with Crippen molar-refractivity contribution >= 4 is 16.9 Å². The van der Waals surface area contributed by atoms with Gasteiger partial charge in [-0.25, -0.2) is 4.79 Å². The number of aromatic nitrogens is 1. The van der Waals surface area contributed by atoms with Gasteiger partial charge < -0.3 is 20.1 Å². The van der Waals surface area contributed by atoms with E-state index in [9.17, 15) is 9.59 Å². The molecule has 0 fully saturated rings. The fourth-order valence-corrected chi connectivity index (χ4v) is 3.23. The average molecular weight is 393 g/mol. The molecule has 2 aromatic carbocycles. The van der Waals surface area contributed by atoms with Crippen LogP contribution < -0.4 is 10.9 Å². The summed E-state index contributed by atoms with van der Waals surface area (Å²) >= 11 is 0. The summed E-state index contributed by atoms with van der Waals surface area (Å²) in [6.07, 6.45) is 0.831. The third-order valence-electron chi connectivity index (χ3n) is 4.80. The molecule has 3 aromatic rings. The Bertz CT molecular complexity index is 998. The van der Waals surface area contributed by atoms with Gasteiger partial charge in [0.1, 0.15) is 0 Å². The summed E-state index contributed by atoms with van der Waals surface area (Å²) < 4.78 is 0. The molecule has 0 unspecified atom stereocenters. The van der Waals surface area contributed by atoms with Crippen LogP contribution in [0.1, 0.15) is 17.5 Å². The molecule has 0 saturated carbocycles. The summed E-state index contributed by atoms with van der Waals surface area (Å²) in [6.45, 7) is 2.17. The van der Waals surface area contributed by atoms with Crippen molar-refractivity contribution in [1.82, 2.24) is 20.1 Å². The zero-order chi connectivity index (χ0) is 20.6. The van der Waals surface area contributed by atoms with Gasteiger partial charge in [-0.1, -0.05) is 48.5 Å². The summed E-state index contributed by atoms with van der Waals surface area (Å²) in [5.74, 6) is 0. The minimum atomic E-state index is -0.167. The molecule has 1 heterocycles. The summed E-state index contributed by atoms with van der Waals surface area (Å²) in [5.41, 5.74) is 2.27. The lowest BCUT2D eigenvalue weighted by molar-refractivity contribution is 0.191. The number of para-hydroxylation sites is 1. The molecular formula is C23H28N4O2. The molecule has 1 aromatic heterocycles. The van der Waals surface area contributed by atoms with Crippen molar-refractivity contribution in [3.05, 3.63) is 82.1 Å². The molecule has 3 rings (SSSR count). The fourth-order valence-electron chi connectivity index (χ4n) is 3.23. The first kappa shape index (κ1) is 20.6. The number of benzene rings is 2. The Morgan fingerprint density at radius 1 is 1.00 bits per heavy atom. The summed E-state index contributed by atoms with van der Waals surface area (Å²) in [7, 11) is 4.02. The van der Waals surface area contributed by atoms with Gasteiger partial charge in [0.15, 0.2) is 0 Å². The van der Waals surface area contributed by atoms with Gasteiger partial charge in [0.25, 0.3) is 5.56 Å². The van der Waals surface area contributed by atoms with Gasteiger partial charge >= 0.3 is 6.03 Å². The number of fused-ring (bicyclic) bond motifs is 1. The molecule has 29 heavy (non-hydrogen) atoms. The molecule has 0 aliphatic heterocycles. The minimum absolute atomic E-state index is 0.155. The number of carbonyl (C=O) groups is 1. The maximum Gasteiger partial charge on any atom is 0.317 e. The first-order chi connectivity index (χ1) is 14.0. The highest BCUT2D eigenvalue weighted by molar-refractivity contribution is 5.79. The Labute approximate surface area is 171 Å². The van der Waals surface area contributed by atoms with E-state index in [0.717, 1.165) is 29.4 Å². The van der Waals surface area contributed by atoms with Gasteiger partial charge in [-0.2, -0.15) is 0 Å². The number of urea groups is 1. The highest BCUT2D eigenvalue weighted by Gasteiger charge is 2.16. The van der Waals surface area contributed by atoms with Crippen molar-refractivity contribution in [2.45, 2.75) is 19.5 Å². The van der Waals surface area contributed by atoms with Crippen molar-refractivity contribution in [2.24, 2.45) is 0 Å². The van der Waals surface area contributed by atoms with E-state index in [1.54, 1.807) is 4.90 Å². The highest BCUT2D eigenvalue weighted by Crippen LogP contribution is 2.12. The monoisotopic (exact) mass is 392 g/mol. The normalized spacial score (nSPS) is 11.0. The van der Waals surface area contributed by atoms with E-state index in [0.29, 0.717) is 18.7 Å². The largest absolute Gasteiger partial charge is 0.334 e. The quantitative estimate of drug-likeness (QED) is 0.619. The molecule has 0 bridgehead atoms. The number of amides is 2. The van der Waals surface area contributed by atoms with E-state index in [1.165, 1.54) is 0 Å². The maximum absolute atomic E-state index is 12.9. The Morgan fingerprint density at radius 2 is 1.72 bits per heavy atom. The summed E-state index contributed by atoms with van der Waals surface area (Å²) in [5, 5.41) is 3.93. The van der Waals surface area contributed by atoms with Crippen LogP contribution in [0.15, 0.2) is 65.5 Å². The van der Waals surface area contributed by atoms with Gasteiger partial charge in [0.05, 0.1) is 6.54 Å². The summed E-state index contributed by atoms with van der Waals surface area (Å²) in [6, 6.07) is 19.2. The SMILES string of the molecule is CN(C)CCCN(Cc1cc2ccccc2[nH]c1=O)C(=O)NCc1ccccc1. The van der Waals surface area contributed by atoms with Crippen molar-refractivity contribution < 1.29 is 4.79 Å². The van der Waals surface area contributed by atoms with Crippen LogP contribution in [0.2, 0.25) is 0 Å². The van der Waals surface area contributed by atoms with Crippen molar-refractivity contribution in [3.8, 4) is 0 Å². The fraction of sp³-hybridized carbons (Fsp3) is 0.304. The van der Waals surface area contributed by atoms with Crippen LogP contribution in [0, 0.1) is 0 Å². The molecule has 152 valence electrons. The molecular weight excluding hydrogens is 364 g/mol. The Kier molecular flexibility index (Phi) is 7.03. The van der Waals surface area contributed by atoms with Crippen LogP contribution in [0.3, 0.4) is 0 Å². The van der Waals surface area contributed by atoms with Crippen LogP contribution in [0.25, 0.3) is 10.9 Å². The number of nitrogens with one attached hydrogen (secondary N) is 2. The van der Waals surface area contributed by atoms with Crippen molar-refractivity contribution in [3.63, 3.8) is 0 Å². The molecule has 2 amide bonds.